The van der Waals surface area contributed by atoms with E-state index in [0.29, 0.717) is 13.2 Å². The zero-order valence-electron chi connectivity index (χ0n) is 8.75. The molecule has 0 rings (SSSR count). The summed E-state index contributed by atoms with van der Waals surface area (Å²) in [6.45, 7) is 7.24. The van der Waals surface area contributed by atoms with Gasteiger partial charge < -0.3 is 25.2 Å². The van der Waals surface area contributed by atoms with E-state index >= 15 is 0 Å². The van der Waals surface area contributed by atoms with E-state index in [-0.39, 0.29) is 13.2 Å². The van der Waals surface area contributed by atoms with Crippen LogP contribution in [0, 0.1) is 0 Å². The first-order valence-corrected chi connectivity index (χ1v) is 4.54. The van der Waals surface area contributed by atoms with Crippen molar-refractivity contribution in [1.29, 1.82) is 0 Å². The van der Waals surface area contributed by atoms with E-state index in [1.54, 1.807) is 0 Å². The molecular weight excluding hydrogens is 200 g/mol. The first-order chi connectivity index (χ1) is 7.13. The third-order valence-electron chi connectivity index (χ3n) is 1.30. The van der Waals surface area contributed by atoms with Crippen LogP contribution in [-0.2, 0) is 4.74 Å². The first-order valence-electron chi connectivity index (χ1n) is 4.54. The Hall–Kier alpha value is -0.720. The van der Waals surface area contributed by atoms with Crippen LogP contribution >= 0.6 is 0 Å². The quantitative estimate of drug-likeness (QED) is 0.329. The Morgan fingerprint density at radius 2 is 1.27 bits per heavy atom. The number of hydrogen-bond donors (Lipinski definition) is 4. The van der Waals surface area contributed by atoms with Gasteiger partial charge in [0.15, 0.2) is 0 Å². The molecule has 2 unspecified atom stereocenters. The Morgan fingerprint density at radius 3 is 1.47 bits per heavy atom. The molecule has 0 saturated heterocycles. The number of aliphatic hydroxyl groups is 4. The van der Waals surface area contributed by atoms with Gasteiger partial charge in [-0.1, -0.05) is 12.2 Å². The second-order valence-electron chi connectivity index (χ2n) is 2.51. The van der Waals surface area contributed by atoms with Crippen molar-refractivity contribution in [2.24, 2.45) is 0 Å². The number of rotatable bonds is 7. The van der Waals surface area contributed by atoms with Crippen LogP contribution in [0.4, 0.5) is 0 Å². The molecule has 0 fully saturated rings. The molecular formula is C10H20O5. The van der Waals surface area contributed by atoms with E-state index in [1.165, 1.54) is 12.2 Å². The van der Waals surface area contributed by atoms with Crippen molar-refractivity contribution in [1.82, 2.24) is 0 Å². The van der Waals surface area contributed by atoms with E-state index < -0.39 is 12.2 Å². The predicted molar refractivity (Wildman–Crippen MR) is 57.4 cm³/mol. The van der Waals surface area contributed by atoms with E-state index in [9.17, 15) is 0 Å². The van der Waals surface area contributed by atoms with Gasteiger partial charge in [0.2, 0.25) is 0 Å². The molecule has 0 spiro atoms. The molecule has 0 aliphatic carbocycles. The molecule has 0 aromatic rings. The van der Waals surface area contributed by atoms with Crippen LogP contribution < -0.4 is 0 Å². The minimum Gasteiger partial charge on any atom is -0.394 e. The molecule has 0 aliphatic heterocycles. The van der Waals surface area contributed by atoms with Crippen molar-refractivity contribution in [3.8, 4) is 0 Å². The summed E-state index contributed by atoms with van der Waals surface area (Å²) < 4.78 is 4.63. The molecule has 15 heavy (non-hydrogen) atoms. The predicted octanol–water partition coefficient (Wildman–Crippen LogP) is -0.932. The molecule has 0 heterocycles. The average molecular weight is 220 g/mol. The fourth-order valence-electron chi connectivity index (χ4n) is 0.510. The third-order valence-corrected chi connectivity index (χ3v) is 1.30. The third kappa shape index (κ3) is 13.3. The SMILES string of the molecule is C=CC(O)C(O)C=C.OCCOCCO. The fraction of sp³-hybridized carbons (Fsp3) is 0.600. The van der Waals surface area contributed by atoms with Crippen molar-refractivity contribution < 1.29 is 25.2 Å². The highest BCUT2D eigenvalue weighted by molar-refractivity contribution is 4.93. The summed E-state index contributed by atoms with van der Waals surface area (Å²) in [4.78, 5) is 0. The summed E-state index contributed by atoms with van der Waals surface area (Å²) in [6.07, 6.45) is 0.749. The molecule has 0 amide bonds. The number of hydrogen-bond acceptors (Lipinski definition) is 5. The van der Waals surface area contributed by atoms with Crippen LogP contribution in [-0.4, -0.2) is 59.1 Å². The minimum atomic E-state index is -0.882. The lowest BCUT2D eigenvalue weighted by Gasteiger charge is -2.06. The van der Waals surface area contributed by atoms with Gasteiger partial charge in [0.25, 0.3) is 0 Å². The summed E-state index contributed by atoms with van der Waals surface area (Å²) in [5, 5.41) is 33.5. The van der Waals surface area contributed by atoms with Gasteiger partial charge in [0.1, 0.15) is 12.2 Å². The minimum absolute atomic E-state index is 0.0278. The van der Waals surface area contributed by atoms with Crippen molar-refractivity contribution in [2.45, 2.75) is 12.2 Å². The molecule has 0 saturated carbocycles. The standard InChI is InChI=1S/C6H10O2.C4H10O3/c1-3-5(7)6(8)4-2;5-1-3-7-4-2-6/h3-8H,1-2H2;5-6H,1-4H2. The first kappa shape index (κ1) is 16.7. The molecule has 0 bridgehead atoms. The van der Waals surface area contributed by atoms with E-state index in [2.05, 4.69) is 17.9 Å². The van der Waals surface area contributed by atoms with Crippen molar-refractivity contribution in [2.75, 3.05) is 26.4 Å². The summed E-state index contributed by atoms with van der Waals surface area (Å²) in [5.41, 5.74) is 0. The Labute approximate surface area is 89.9 Å². The summed E-state index contributed by atoms with van der Waals surface area (Å²) in [6, 6.07) is 0. The van der Waals surface area contributed by atoms with E-state index in [0.717, 1.165) is 0 Å². The van der Waals surface area contributed by atoms with Crippen molar-refractivity contribution >= 4 is 0 Å². The molecule has 2 atom stereocenters. The molecule has 5 nitrogen and oxygen atoms in total. The molecule has 0 aliphatic rings. The topological polar surface area (TPSA) is 90.2 Å². The number of aliphatic hydroxyl groups excluding tert-OH is 4. The zero-order valence-corrected chi connectivity index (χ0v) is 8.75. The van der Waals surface area contributed by atoms with Crippen LogP contribution in [0.1, 0.15) is 0 Å². The van der Waals surface area contributed by atoms with E-state index in [1.807, 2.05) is 0 Å². The normalized spacial score (nSPS) is 13.3. The van der Waals surface area contributed by atoms with Gasteiger partial charge in [-0.3, -0.25) is 0 Å². The smallest absolute Gasteiger partial charge is 0.101 e. The van der Waals surface area contributed by atoms with Crippen LogP contribution in [0.3, 0.4) is 0 Å². The molecule has 5 heteroatoms. The zero-order chi connectivity index (χ0) is 12.1. The second kappa shape index (κ2) is 13.3. The Bertz CT molecular complexity index is 133. The lowest BCUT2D eigenvalue weighted by molar-refractivity contribution is 0.0650. The maximum Gasteiger partial charge on any atom is 0.101 e. The van der Waals surface area contributed by atoms with Gasteiger partial charge in [-0.2, -0.15) is 0 Å². The summed E-state index contributed by atoms with van der Waals surface area (Å²) in [7, 11) is 0. The lowest BCUT2D eigenvalue weighted by Crippen LogP contribution is -2.20. The molecule has 0 aromatic carbocycles. The Kier molecular flexibility index (Phi) is 14.8. The average Bonchev–Trinajstić information content (AvgIpc) is 2.28. The Morgan fingerprint density at radius 1 is 0.933 bits per heavy atom. The number of ether oxygens (including phenoxy) is 1. The van der Waals surface area contributed by atoms with Crippen LogP contribution in [0.5, 0.6) is 0 Å². The van der Waals surface area contributed by atoms with Gasteiger partial charge in [-0.25, -0.2) is 0 Å². The molecule has 90 valence electrons. The lowest BCUT2D eigenvalue weighted by atomic mass is 10.2. The van der Waals surface area contributed by atoms with Crippen molar-refractivity contribution in [3.63, 3.8) is 0 Å². The molecule has 4 N–H and O–H groups in total. The highest BCUT2D eigenvalue weighted by Gasteiger charge is 2.05. The van der Waals surface area contributed by atoms with Gasteiger partial charge in [-0.15, -0.1) is 13.2 Å². The van der Waals surface area contributed by atoms with Crippen LogP contribution in [0.25, 0.3) is 0 Å². The summed E-state index contributed by atoms with van der Waals surface area (Å²) in [5.74, 6) is 0. The van der Waals surface area contributed by atoms with Gasteiger partial charge in [0, 0.05) is 0 Å². The highest BCUT2D eigenvalue weighted by atomic mass is 16.5. The molecule has 0 radical (unpaired) electrons. The largest absolute Gasteiger partial charge is 0.394 e. The molecule has 0 aromatic heterocycles. The van der Waals surface area contributed by atoms with Gasteiger partial charge in [-0.05, 0) is 0 Å². The maximum atomic E-state index is 8.69. The Balaban J connectivity index is 0. The van der Waals surface area contributed by atoms with Crippen LogP contribution in [0.2, 0.25) is 0 Å². The van der Waals surface area contributed by atoms with Crippen LogP contribution in [0.15, 0.2) is 25.3 Å². The monoisotopic (exact) mass is 220 g/mol. The highest BCUT2D eigenvalue weighted by Crippen LogP contribution is 1.93. The summed E-state index contributed by atoms with van der Waals surface area (Å²) >= 11 is 0. The van der Waals surface area contributed by atoms with Gasteiger partial charge in [0.05, 0.1) is 26.4 Å². The fourth-order valence-corrected chi connectivity index (χ4v) is 0.510. The maximum absolute atomic E-state index is 8.69. The van der Waals surface area contributed by atoms with Gasteiger partial charge >= 0.3 is 0 Å². The van der Waals surface area contributed by atoms with E-state index in [4.69, 9.17) is 20.4 Å². The van der Waals surface area contributed by atoms with Crippen molar-refractivity contribution in [3.05, 3.63) is 25.3 Å². The second-order valence-corrected chi connectivity index (χ2v) is 2.51.